The van der Waals surface area contributed by atoms with Gasteiger partial charge in [-0.3, -0.25) is 14.2 Å². The van der Waals surface area contributed by atoms with Crippen LogP contribution in [0.15, 0.2) is 53.3 Å². The molecule has 0 aliphatic heterocycles. The van der Waals surface area contributed by atoms with E-state index in [0.29, 0.717) is 23.6 Å². The molecule has 0 aliphatic rings. The van der Waals surface area contributed by atoms with Crippen LogP contribution in [-0.4, -0.2) is 43.8 Å². The lowest BCUT2D eigenvalue weighted by atomic mass is 10.1. The summed E-state index contributed by atoms with van der Waals surface area (Å²) in [6, 6.07) is 15.9. The molecular formula is C26H25N3O6S. The predicted octanol–water partition coefficient (Wildman–Crippen LogP) is 1.29. The maximum atomic E-state index is 13.1. The molecule has 9 nitrogen and oxygen atoms in total. The van der Waals surface area contributed by atoms with E-state index in [2.05, 4.69) is 5.32 Å². The number of aromatic nitrogens is 1. The lowest BCUT2D eigenvalue weighted by Crippen LogP contribution is -2.34. The summed E-state index contributed by atoms with van der Waals surface area (Å²) in [6.45, 7) is 2.04. The normalized spacial score (nSPS) is 11.9. The first-order chi connectivity index (χ1) is 17.4. The number of methoxy groups -OCH3 is 2. The number of thiazole rings is 1. The highest BCUT2D eigenvalue weighted by Gasteiger charge is 2.17. The highest BCUT2D eigenvalue weighted by molar-refractivity contribution is 7.07. The number of benzene rings is 2. The van der Waals surface area contributed by atoms with Gasteiger partial charge in [-0.1, -0.05) is 24.3 Å². The zero-order chi connectivity index (χ0) is 26.1. The number of nitrogens with zero attached hydrogens (tertiary/aromatic N) is 2. The fraction of sp³-hybridized carbons (Fsp3) is 0.231. The number of carbonyl (C=O) groups is 2. The molecule has 186 valence electrons. The van der Waals surface area contributed by atoms with Crippen molar-refractivity contribution < 1.29 is 23.8 Å². The third-order valence-corrected chi connectivity index (χ3v) is 6.17. The molecule has 0 atom stereocenters. The van der Waals surface area contributed by atoms with Crippen molar-refractivity contribution in [1.29, 1.82) is 5.26 Å². The summed E-state index contributed by atoms with van der Waals surface area (Å²) in [5.74, 6) is -0.147. The summed E-state index contributed by atoms with van der Waals surface area (Å²) in [7, 11) is 3.09. The molecule has 0 bridgehead atoms. The van der Waals surface area contributed by atoms with E-state index in [1.54, 1.807) is 57.5 Å². The number of para-hydroxylation sites is 1. The molecule has 0 unspecified atom stereocenters. The van der Waals surface area contributed by atoms with E-state index in [1.165, 1.54) is 4.57 Å². The van der Waals surface area contributed by atoms with Crippen molar-refractivity contribution in [1.82, 2.24) is 9.88 Å². The van der Waals surface area contributed by atoms with Gasteiger partial charge in [0.15, 0.2) is 17.1 Å². The number of ether oxygens (including phenoxy) is 3. The van der Waals surface area contributed by atoms with E-state index in [4.69, 9.17) is 14.2 Å². The molecule has 10 heteroatoms. The van der Waals surface area contributed by atoms with Gasteiger partial charge in [0.25, 0.3) is 11.5 Å². The van der Waals surface area contributed by atoms with Crippen molar-refractivity contribution in [3.8, 4) is 23.3 Å². The minimum Gasteiger partial charge on any atom is -0.493 e. The van der Waals surface area contributed by atoms with Crippen molar-refractivity contribution in [3.63, 3.8) is 0 Å². The molecule has 1 N–H and O–H groups in total. The molecule has 1 aromatic heterocycles. The second-order valence-electron chi connectivity index (χ2n) is 7.33. The van der Waals surface area contributed by atoms with Gasteiger partial charge in [0.05, 0.1) is 26.5 Å². The Kier molecular flexibility index (Phi) is 9.02. The third kappa shape index (κ3) is 6.00. The van der Waals surface area contributed by atoms with Crippen molar-refractivity contribution in [3.05, 3.63) is 73.6 Å². The molecule has 1 amide bonds. The number of amides is 1. The minimum atomic E-state index is -0.680. The van der Waals surface area contributed by atoms with Crippen LogP contribution in [0, 0.1) is 11.3 Å². The Morgan fingerprint density at radius 2 is 1.83 bits per heavy atom. The maximum absolute atomic E-state index is 13.1. The summed E-state index contributed by atoms with van der Waals surface area (Å²) in [6.07, 6.45) is 1.55. The molecule has 0 aliphatic carbocycles. The van der Waals surface area contributed by atoms with Crippen LogP contribution in [0.4, 0.5) is 0 Å². The summed E-state index contributed by atoms with van der Waals surface area (Å²) in [4.78, 5) is 38.1. The van der Waals surface area contributed by atoms with Crippen LogP contribution in [0.3, 0.4) is 0 Å². The number of hydrogen-bond acceptors (Lipinski definition) is 8. The summed E-state index contributed by atoms with van der Waals surface area (Å²) < 4.78 is 16.9. The Labute approximate surface area is 211 Å². The van der Waals surface area contributed by atoms with E-state index in [9.17, 15) is 19.6 Å². The van der Waals surface area contributed by atoms with Gasteiger partial charge in [-0.05, 0) is 43.2 Å². The van der Waals surface area contributed by atoms with Crippen molar-refractivity contribution in [2.75, 3.05) is 27.4 Å². The Hall–Kier alpha value is -4.36. The lowest BCUT2D eigenvalue weighted by Gasteiger charge is -2.10. The van der Waals surface area contributed by atoms with Crippen LogP contribution in [0.25, 0.3) is 17.3 Å². The lowest BCUT2D eigenvalue weighted by molar-refractivity contribution is -0.135. The highest BCUT2D eigenvalue weighted by atomic mass is 32.1. The number of hydrogen-bond donors (Lipinski definition) is 1. The van der Waals surface area contributed by atoms with Crippen molar-refractivity contribution in [2.45, 2.75) is 13.3 Å². The average molecular weight is 508 g/mol. The first-order valence-electron chi connectivity index (χ1n) is 11.0. The molecule has 0 fully saturated rings. The summed E-state index contributed by atoms with van der Waals surface area (Å²) >= 11 is 0.878. The van der Waals surface area contributed by atoms with Gasteiger partial charge in [-0.2, -0.15) is 5.26 Å². The van der Waals surface area contributed by atoms with Crippen LogP contribution in [0.5, 0.6) is 11.5 Å². The van der Waals surface area contributed by atoms with Crippen molar-refractivity contribution in [2.24, 2.45) is 0 Å². The topological polar surface area (TPSA) is 120 Å². The zero-order valence-electron chi connectivity index (χ0n) is 20.1. The van der Waals surface area contributed by atoms with E-state index >= 15 is 0 Å². The minimum absolute atomic E-state index is 0.0539. The smallest absolute Gasteiger partial charge is 0.332 e. The van der Waals surface area contributed by atoms with Gasteiger partial charge in [0.2, 0.25) is 0 Å². The maximum Gasteiger partial charge on any atom is 0.332 e. The van der Waals surface area contributed by atoms with Gasteiger partial charge in [0, 0.05) is 12.6 Å². The van der Waals surface area contributed by atoms with E-state index in [1.807, 2.05) is 18.2 Å². The zero-order valence-corrected chi connectivity index (χ0v) is 20.9. The summed E-state index contributed by atoms with van der Waals surface area (Å²) in [5.41, 5.74) is 0.593. The second kappa shape index (κ2) is 12.4. The first-order valence-corrected chi connectivity index (χ1v) is 11.8. The number of esters is 1. The van der Waals surface area contributed by atoms with E-state index in [0.717, 1.165) is 23.0 Å². The van der Waals surface area contributed by atoms with E-state index < -0.39 is 17.4 Å². The SMILES string of the molecule is CCOC(=O)C=c1sc(=C(C#N)C(=O)NCCc2ccc(OC)c(OC)c2)n(-c2ccccc2)c1=O. The summed E-state index contributed by atoms with van der Waals surface area (Å²) in [5, 5.41) is 12.6. The number of nitriles is 1. The number of carbonyl (C=O) groups excluding carboxylic acids is 2. The van der Waals surface area contributed by atoms with Crippen molar-refractivity contribution >= 4 is 34.9 Å². The Morgan fingerprint density at radius 3 is 2.47 bits per heavy atom. The molecule has 3 aromatic rings. The quantitative estimate of drug-likeness (QED) is 0.434. The van der Waals surface area contributed by atoms with Crippen LogP contribution in [0.1, 0.15) is 12.5 Å². The molecule has 0 saturated carbocycles. The molecular weight excluding hydrogens is 482 g/mol. The highest BCUT2D eigenvalue weighted by Crippen LogP contribution is 2.27. The Morgan fingerprint density at radius 1 is 1.11 bits per heavy atom. The third-order valence-electron chi connectivity index (χ3n) is 5.07. The molecule has 0 saturated heterocycles. The Bertz CT molecular complexity index is 1470. The standard InChI is InChI=1S/C26H25N3O6S/c1-4-35-23(30)15-22-25(32)29(18-8-6-5-7-9-18)26(36-22)19(16-27)24(31)28-13-12-17-10-11-20(33-2)21(14-17)34-3/h5-11,14-15H,4,12-13H2,1-3H3,(H,28,31). The van der Waals surface area contributed by atoms with Gasteiger partial charge in [-0.25, -0.2) is 4.79 Å². The molecule has 2 aromatic carbocycles. The molecule has 1 heterocycles. The van der Waals surface area contributed by atoms with Crippen LogP contribution in [0.2, 0.25) is 0 Å². The number of nitrogens with one attached hydrogen (secondary N) is 1. The van der Waals surface area contributed by atoms with Gasteiger partial charge < -0.3 is 19.5 Å². The van der Waals surface area contributed by atoms with Gasteiger partial charge >= 0.3 is 5.97 Å². The second-order valence-corrected chi connectivity index (χ2v) is 8.36. The van der Waals surface area contributed by atoms with Gasteiger partial charge in [0.1, 0.15) is 15.3 Å². The monoisotopic (exact) mass is 507 g/mol. The predicted molar refractivity (Wildman–Crippen MR) is 136 cm³/mol. The van der Waals surface area contributed by atoms with Crippen LogP contribution < -0.4 is 29.5 Å². The van der Waals surface area contributed by atoms with Crippen LogP contribution >= 0.6 is 11.3 Å². The molecule has 0 spiro atoms. The molecule has 0 radical (unpaired) electrons. The Balaban J connectivity index is 1.97. The molecule has 36 heavy (non-hydrogen) atoms. The fourth-order valence-corrected chi connectivity index (χ4v) is 4.46. The van der Waals surface area contributed by atoms with Crippen LogP contribution in [-0.2, 0) is 20.7 Å². The average Bonchev–Trinajstić information content (AvgIpc) is 3.20. The molecule has 3 rings (SSSR count). The number of rotatable bonds is 9. The fourth-order valence-electron chi connectivity index (χ4n) is 3.39. The van der Waals surface area contributed by atoms with Gasteiger partial charge in [-0.15, -0.1) is 11.3 Å². The largest absolute Gasteiger partial charge is 0.493 e. The first kappa shape index (κ1) is 26.2. The van der Waals surface area contributed by atoms with E-state index in [-0.39, 0.29) is 27.9 Å².